The van der Waals surface area contributed by atoms with Gasteiger partial charge in [0, 0.05) is 31.1 Å². The molecule has 1 aromatic carbocycles. The molecule has 4 rings (SSSR count). The van der Waals surface area contributed by atoms with Crippen molar-refractivity contribution in [2.75, 3.05) is 29.9 Å². The summed E-state index contributed by atoms with van der Waals surface area (Å²) in [7, 11) is 1.98. The van der Waals surface area contributed by atoms with Gasteiger partial charge >= 0.3 is 0 Å². The van der Waals surface area contributed by atoms with E-state index in [0.29, 0.717) is 12.4 Å². The molecular formula is C18H16N4OS. The van der Waals surface area contributed by atoms with Gasteiger partial charge in [0.2, 0.25) is 0 Å². The van der Waals surface area contributed by atoms with Crippen molar-refractivity contribution in [3.8, 4) is 0 Å². The maximum absolute atomic E-state index is 12.7. The SMILES string of the molecule is CN1CCN(C(=O)/C=C/c2cccs2)c2nc3ccccc3nc21. The maximum Gasteiger partial charge on any atom is 0.252 e. The fourth-order valence-corrected chi connectivity index (χ4v) is 3.34. The second-order valence-electron chi connectivity index (χ2n) is 5.62. The number of hydrogen-bond donors (Lipinski definition) is 0. The van der Waals surface area contributed by atoms with E-state index in [2.05, 4.69) is 9.97 Å². The minimum atomic E-state index is -0.0673. The van der Waals surface area contributed by atoms with Crippen LogP contribution in [0.15, 0.2) is 47.9 Å². The molecular weight excluding hydrogens is 320 g/mol. The van der Waals surface area contributed by atoms with Crippen LogP contribution in [0.25, 0.3) is 17.1 Å². The van der Waals surface area contributed by atoms with Crippen LogP contribution in [0.1, 0.15) is 4.88 Å². The number of likely N-dealkylation sites (N-methyl/N-ethyl adjacent to an activating group) is 1. The summed E-state index contributed by atoms with van der Waals surface area (Å²) in [6.07, 6.45) is 3.46. The summed E-state index contributed by atoms with van der Waals surface area (Å²) in [5.41, 5.74) is 1.64. The highest BCUT2D eigenvalue weighted by atomic mass is 32.1. The number of anilines is 2. The highest BCUT2D eigenvalue weighted by Crippen LogP contribution is 2.30. The summed E-state index contributed by atoms with van der Waals surface area (Å²) in [5, 5.41) is 1.99. The molecule has 0 bridgehead atoms. The minimum Gasteiger partial charge on any atom is -0.355 e. The van der Waals surface area contributed by atoms with E-state index in [1.54, 1.807) is 22.3 Å². The van der Waals surface area contributed by atoms with Gasteiger partial charge in [-0.2, -0.15) is 0 Å². The number of fused-ring (bicyclic) bond motifs is 2. The standard InChI is InChI=1S/C18H16N4OS/c1-21-10-11-22(16(23)9-8-13-5-4-12-24-13)18-17(21)19-14-6-2-3-7-15(14)20-18/h2-9,12H,10-11H2,1H3/b9-8+. The number of nitrogens with zero attached hydrogens (tertiary/aromatic N) is 4. The fourth-order valence-electron chi connectivity index (χ4n) is 2.72. The predicted molar refractivity (Wildman–Crippen MR) is 98.5 cm³/mol. The first kappa shape index (κ1) is 14.8. The Morgan fingerprint density at radius 1 is 1.08 bits per heavy atom. The van der Waals surface area contributed by atoms with Gasteiger partial charge in [0.05, 0.1) is 11.0 Å². The van der Waals surface area contributed by atoms with E-state index < -0.39 is 0 Å². The quantitative estimate of drug-likeness (QED) is 0.675. The number of carbonyl (C=O) groups excluding carboxylic acids is 1. The molecule has 0 fully saturated rings. The molecule has 0 radical (unpaired) electrons. The molecule has 0 unspecified atom stereocenters. The van der Waals surface area contributed by atoms with Crippen molar-refractivity contribution in [2.24, 2.45) is 0 Å². The second-order valence-corrected chi connectivity index (χ2v) is 6.60. The number of aromatic nitrogens is 2. The third kappa shape index (κ3) is 2.65. The molecule has 24 heavy (non-hydrogen) atoms. The molecule has 5 nitrogen and oxygen atoms in total. The van der Waals surface area contributed by atoms with Gasteiger partial charge in [0.15, 0.2) is 11.6 Å². The first-order valence-corrected chi connectivity index (χ1v) is 8.61. The van der Waals surface area contributed by atoms with Gasteiger partial charge in [0.1, 0.15) is 0 Å². The van der Waals surface area contributed by atoms with Gasteiger partial charge in [-0.1, -0.05) is 18.2 Å². The third-order valence-corrected chi connectivity index (χ3v) is 4.85. The van der Waals surface area contributed by atoms with E-state index >= 15 is 0 Å². The molecule has 0 atom stereocenters. The van der Waals surface area contributed by atoms with Gasteiger partial charge in [-0.05, 0) is 29.7 Å². The third-order valence-electron chi connectivity index (χ3n) is 4.01. The molecule has 3 aromatic rings. The summed E-state index contributed by atoms with van der Waals surface area (Å²) >= 11 is 1.61. The maximum atomic E-state index is 12.7. The van der Waals surface area contributed by atoms with E-state index in [0.717, 1.165) is 28.3 Å². The summed E-state index contributed by atoms with van der Waals surface area (Å²) in [4.78, 5) is 26.8. The van der Waals surface area contributed by atoms with Crippen molar-refractivity contribution in [1.29, 1.82) is 0 Å². The van der Waals surface area contributed by atoms with Crippen molar-refractivity contribution < 1.29 is 4.79 Å². The van der Waals surface area contributed by atoms with Crippen LogP contribution in [-0.4, -0.2) is 36.0 Å². The zero-order chi connectivity index (χ0) is 16.5. The Balaban J connectivity index is 1.72. The smallest absolute Gasteiger partial charge is 0.252 e. The molecule has 0 aliphatic carbocycles. The molecule has 1 aliphatic heterocycles. The average Bonchev–Trinajstić information content (AvgIpc) is 3.12. The van der Waals surface area contributed by atoms with Crippen molar-refractivity contribution in [3.05, 3.63) is 52.7 Å². The van der Waals surface area contributed by atoms with Gasteiger partial charge in [-0.25, -0.2) is 9.97 Å². The molecule has 1 aliphatic rings. The van der Waals surface area contributed by atoms with E-state index in [9.17, 15) is 4.79 Å². The largest absolute Gasteiger partial charge is 0.355 e. The first-order valence-electron chi connectivity index (χ1n) is 7.73. The van der Waals surface area contributed by atoms with Gasteiger partial charge in [0.25, 0.3) is 5.91 Å². The lowest BCUT2D eigenvalue weighted by Gasteiger charge is -2.33. The number of para-hydroxylation sites is 2. The Kier molecular flexibility index (Phi) is 3.74. The molecule has 1 amide bonds. The zero-order valence-corrected chi connectivity index (χ0v) is 14.0. The Bertz CT molecular complexity index is 920. The molecule has 6 heteroatoms. The van der Waals surface area contributed by atoms with E-state index in [1.165, 1.54) is 0 Å². The van der Waals surface area contributed by atoms with E-state index in [4.69, 9.17) is 0 Å². The topological polar surface area (TPSA) is 49.3 Å². The van der Waals surface area contributed by atoms with Crippen LogP contribution in [0.4, 0.5) is 11.6 Å². The zero-order valence-electron chi connectivity index (χ0n) is 13.2. The first-order chi connectivity index (χ1) is 11.7. The van der Waals surface area contributed by atoms with Crippen LogP contribution in [0.3, 0.4) is 0 Å². The number of amides is 1. The van der Waals surface area contributed by atoms with Crippen LogP contribution >= 0.6 is 11.3 Å². The van der Waals surface area contributed by atoms with Gasteiger partial charge in [-0.15, -0.1) is 11.3 Å². The Labute approximate surface area is 143 Å². The predicted octanol–water partition coefficient (Wildman–Crippen LogP) is 3.19. The molecule has 2 aromatic heterocycles. The van der Waals surface area contributed by atoms with E-state index in [-0.39, 0.29) is 5.91 Å². The summed E-state index contributed by atoms with van der Waals surface area (Å²) < 4.78 is 0. The summed E-state index contributed by atoms with van der Waals surface area (Å²) in [6, 6.07) is 11.7. The molecule has 3 heterocycles. The van der Waals surface area contributed by atoms with Crippen molar-refractivity contribution in [3.63, 3.8) is 0 Å². The van der Waals surface area contributed by atoms with Crippen LogP contribution < -0.4 is 9.80 Å². The van der Waals surface area contributed by atoms with Gasteiger partial charge in [-0.3, -0.25) is 9.69 Å². The lowest BCUT2D eigenvalue weighted by molar-refractivity contribution is -0.114. The van der Waals surface area contributed by atoms with Crippen LogP contribution in [-0.2, 0) is 4.79 Å². The van der Waals surface area contributed by atoms with Crippen LogP contribution in [0, 0.1) is 0 Å². The lowest BCUT2D eigenvalue weighted by Crippen LogP contribution is -2.43. The van der Waals surface area contributed by atoms with E-state index in [1.807, 2.05) is 59.8 Å². The average molecular weight is 336 g/mol. The molecule has 0 saturated carbocycles. The highest BCUT2D eigenvalue weighted by molar-refractivity contribution is 7.10. The number of thiophene rings is 1. The van der Waals surface area contributed by atoms with Crippen LogP contribution in [0.2, 0.25) is 0 Å². The Hall–Kier alpha value is -2.73. The lowest BCUT2D eigenvalue weighted by atomic mass is 10.2. The number of carbonyl (C=O) groups is 1. The Morgan fingerprint density at radius 3 is 2.54 bits per heavy atom. The molecule has 120 valence electrons. The monoisotopic (exact) mass is 336 g/mol. The van der Waals surface area contributed by atoms with Gasteiger partial charge < -0.3 is 4.90 Å². The molecule has 0 spiro atoms. The molecule has 0 saturated heterocycles. The minimum absolute atomic E-state index is 0.0673. The second kappa shape index (κ2) is 6.05. The van der Waals surface area contributed by atoms with Crippen molar-refractivity contribution in [1.82, 2.24) is 9.97 Å². The molecule has 0 N–H and O–H groups in total. The fraction of sp³-hybridized carbons (Fsp3) is 0.167. The van der Waals surface area contributed by atoms with Crippen molar-refractivity contribution in [2.45, 2.75) is 0 Å². The highest BCUT2D eigenvalue weighted by Gasteiger charge is 2.27. The number of benzene rings is 1. The Morgan fingerprint density at radius 2 is 1.83 bits per heavy atom. The summed E-state index contributed by atoms with van der Waals surface area (Å²) in [6.45, 7) is 1.34. The normalized spacial score (nSPS) is 14.4. The van der Waals surface area contributed by atoms with Crippen molar-refractivity contribution >= 4 is 46.0 Å². The number of rotatable bonds is 2. The summed E-state index contributed by atoms with van der Waals surface area (Å²) in [5.74, 6) is 1.31. The van der Waals surface area contributed by atoms with Crippen LogP contribution in [0.5, 0.6) is 0 Å². The number of hydrogen-bond acceptors (Lipinski definition) is 5.